The molecule has 0 aromatic heterocycles. The van der Waals surface area contributed by atoms with Gasteiger partial charge in [-0.1, -0.05) is 41.5 Å². The average Bonchev–Trinajstić information content (AvgIpc) is 3.07. The predicted molar refractivity (Wildman–Crippen MR) is 197 cm³/mol. The first kappa shape index (κ1) is 60.5. The van der Waals surface area contributed by atoms with Crippen molar-refractivity contribution in [2.24, 2.45) is 35.5 Å². The van der Waals surface area contributed by atoms with E-state index in [1.807, 2.05) is 6.92 Å². The van der Waals surface area contributed by atoms with Gasteiger partial charge in [-0.2, -0.15) is 17.6 Å². The molecule has 64 heavy (non-hydrogen) atoms. The van der Waals surface area contributed by atoms with Gasteiger partial charge in [0.25, 0.3) is 41.5 Å². The van der Waals surface area contributed by atoms with Crippen LogP contribution in [0.25, 0.3) is 0 Å². The molecule has 0 heterocycles. The molecule has 6 aliphatic rings. The molecule has 22 heteroatoms. The van der Waals surface area contributed by atoms with Gasteiger partial charge in [0.05, 0.1) is 18.8 Å². The molecule has 0 amide bonds. The van der Waals surface area contributed by atoms with Crippen LogP contribution in [0.1, 0.15) is 164 Å². The largest absolute Gasteiger partial charge is 0.312 e. The zero-order valence-corrected chi connectivity index (χ0v) is 36.7. The number of alkyl halides is 22. The van der Waals surface area contributed by atoms with E-state index in [0.717, 1.165) is 6.92 Å². The van der Waals surface area contributed by atoms with E-state index in [1.165, 1.54) is 27.7 Å². The van der Waals surface area contributed by atoms with Crippen LogP contribution in [-0.2, 0) is 0 Å². The van der Waals surface area contributed by atoms with Gasteiger partial charge in [0.1, 0.15) is 0 Å². The molecule has 6 rings (SSSR count). The highest BCUT2D eigenvalue weighted by molar-refractivity contribution is 4.93. The Morgan fingerprint density at radius 1 is 0.297 bits per heavy atom. The molecule has 0 aromatic rings. The Morgan fingerprint density at radius 3 is 1.08 bits per heavy atom. The van der Waals surface area contributed by atoms with Gasteiger partial charge in [0.2, 0.25) is 11.8 Å². The summed E-state index contributed by atoms with van der Waals surface area (Å²) in [7, 11) is 0. The highest BCUT2D eigenvalue weighted by Crippen LogP contribution is 2.50. The highest BCUT2D eigenvalue weighted by Gasteiger charge is 2.61. The monoisotopic (exact) mass is 984 g/mol. The Bertz CT molecular complexity index is 1350. The van der Waals surface area contributed by atoms with Crippen molar-refractivity contribution in [1.82, 2.24) is 0 Å². The molecule has 0 N–H and O–H groups in total. The summed E-state index contributed by atoms with van der Waals surface area (Å²) in [5, 5.41) is 0. The van der Waals surface area contributed by atoms with Crippen molar-refractivity contribution >= 4 is 0 Å². The third-order valence-electron chi connectivity index (χ3n) is 12.6. The quantitative estimate of drug-likeness (QED) is 0.212. The molecule has 6 saturated carbocycles. The summed E-state index contributed by atoms with van der Waals surface area (Å²) in [4.78, 5) is 0. The molecule has 6 fully saturated rings. The van der Waals surface area contributed by atoms with Crippen LogP contribution < -0.4 is 0 Å². The lowest BCUT2D eigenvalue weighted by atomic mass is 9.84. The Morgan fingerprint density at radius 2 is 0.750 bits per heavy atom. The van der Waals surface area contributed by atoms with Crippen molar-refractivity contribution in [3.8, 4) is 0 Å². The molecule has 0 aromatic carbocycles. The summed E-state index contributed by atoms with van der Waals surface area (Å²) in [5.41, 5.74) is 0. The van der Waals surface area contributed by atoms with E-state index < -0.39 is 165 Å². The molecule has 0 aliphatic heterocycles. The zero-order valence-electron chi connectivity index (χ0n) is 36.7. The average molecular weight is 985 g/mol. The van der Waals surface area contributed by atoms with Crippen LogP contribution in [0, 0.1) is 35.5 Å². The third kappa shape index (κ3) is 19.6. The molecular formula is C42H62F22. The minimum Gasteiger partial charge on any atom is -0.207 e. The molecule has 0 radical (unpaired) electrons. The van der Waals surface area contributed by atoms with Crippen molar-refractivity contribution in [2.75, 3.05) is 0 Å². The summed E-state index contributed by atoms with van der Waals surface area (Å²) in [6.45, 7) is 8.05. The lowest BCUT2D eigenvalue weighted by Gasteiger charge is -2.35. The highest BCUT2D eigenvalue weighted by atomic mass is 19.3. The van der Waals surface area contributed by atoms with Crippen molar-refractivity contribution < 1.29 is 96.6 Å². The second-order valence-electron chi connectivity index (χ2n) is 19.1. The molecule has 0 saturated heterocycles. The molecular weight excluding hydrogens is 922 g/mol. The molecule has 0 bridgehead atoms. The third-order valence-corrected chi connectivity index (χ3v) is 12.6. The standard InChI is InChI=1S/5C7H10F4.C7H12F2/c1-5-2-6(8,9)4-7(10,11)3-5;1-5-4-6(8,9)2-3-7(5,10)11;1-5-2-3-6(8,9)4-7(5,10)11;1-5-6(8,9)3-2-4-7(5,10)11;1-5-3-2-4-6(8,9)7(5,10)11;1-6-2-4-7(8,9)5-3-6/h5*5H,2-4H2,1H3;6H,2-5H2,1H3. The van der Waals surface area contributed by atoms with Crippen LogP contribution in [0.5, 0.6) is 0 Å². The van der Waals surface area contributed by atoms with E-state index in [0.29, 0.717) is 18.8 Å². The molecule has 3 unspecified atom stereocenters. The van der Waals surface area contributed by atoms with E-state index in [2.05, 4.69) is 0 Å². The first-order valence-corrected chi connectivity index (χ1v) is 21.5. The summed E-state index contributed by atoms with van der Waals surface area (Å²) in [5.74, 6) is -39.9. The van der Waals surface area contributed by atoms with Crippen LogP contribution in [0.4, 0.5) is 96.6 Å². The summed E-state index contributed by atoms with van der Waals surface area (Å²) in [6, 6.07) is 0. The van der Waals surface area contributed by atoms with Gasteiger partial charge in [-0.15, -0.1) is 0 Å². The normalized spacial score (nSPS) is 32.5. The second-order valence-corrected chi connectivity index (χ2v) is 19.1. The maximum Gasteiger partial charge on any atom is 0.312 e. The number of rotatable bonds is 0. The molecule has 3 atom stereocenters. The van der Waals surface area contributed by atoms with Crippen molar-refractivity contribution in [1.29, 1.82) is 0 Å². The van der Waals surface area contributed by atoms with E-state index in [9.17, 15) is 96.6 Å². The fourth-order valence-electron chi connectivity index (χ4n) is 7.98. The maximum atomic E-state index is 12.6. The first-order chi connectivity index (χ1) is 28.3. The van der Waals surface area contributed by atoms with E-state index in [-0.39, 0.29) is 38.5 Å². The summed E-state index contributed by atoms with van der Waals surface area (Å²) in [6.07, 6.45) is -5.41. The van der Waals surface area contributed by atoms with Crippen molar-refractivity contribution in [3.05, 3.63) is 0 Å². The second kappa shape index (κ2) is 21.8. The zero-order chi connectivity index (χ0) is 50.4. The first-order valence-electron chi connectivity index (χ1n) is 21.5. The smallest absolute Gasteiger partial charge is 0.207 e. The Balaban J connectivity index is 0.000000384. The van der Waals surface area contributed by atoms with E-state index >= 15 is 0 Å². The number of hydrogen-bond acceptors (Lipinski definition) is 0. The molecule has 6 aliphatic carbocycles. The molecule has 0 spiro atoms. The van der Waals surface area contributed by atoms with Crippen molar-refractivity contribution in [3.63, 3.8) is 0 Å². The minimum atomic E-state index is -3.80. The number of hydrogen-bond donors (Lipinski definition) is 0. The Kier molecular flexibility index (Phi) is 20.6. The lowest BCUT2D eigenvalue weighted by molar-refractivity contribution is -0.252. The van der Waals surface area contributed by atoms with Crippen LogP contribution in [0.3, 0.4) is 0 Å². The van der Waals surface area contributed by atoms with Crippen LogP contribution in [0.15, 0.2) is 0 Å². The van der Waals surface area contributed by atoms with Gasteiger partial charge in [0.15, 0.2) is 0 Å². The van der Waals surface area contributed by atoms with Crippen LogP contribution in [-0.4, -0.2) is 65.1 Å². The molecule has 384 valence electrons. The van der Waals surface area contributed by atoms with Gasteiger partial charge in [-0.25, -0.2) is 79.0 Å². The van der Waals surface area contributed by atoms with Crippen LogP contribution >= 0.6 is 0 Å². The van der Waals surface area contributed by atoms with Crippen LogP contribution in [0.2, 0.25) is 0 Å². The van der Waals surface area contributed by atoms with Gasteiger partial charge in [-0.05, 0) is 50.4 Å². The summed E-state index contributed by atoms with van der Waals surface area (Å²) >= 11 is 0. The molecule has 0 nitrogen and oxygen atoms in total. The topological polar surface area (TPSA) is 0 Å². The summed E-state index contributed by atoms with van der Waals surface area (Å²) < 4.78 is 275. The van der Waals surface area contributed by atoms with E-state index in [1.54, 1.807) is 0 Å². The fourth-order valence-corrected chi connectivity index (χ4v) is 7.98. The lowest BCUT2D eigenvalue weighted by Crippen LogP contribution is -2.48. The Labute approximate surface area is 360 Å². The minimum absolute atomic E-state index is 0.0790. The van der Waals surface area contributed by atoms with E-state index in [4.69, 9.17) is 0 Å². The van der Waals surface area contributed by atoms with Gasteiger partial charge in [-0.3, -0.25) is 0 Å². The fraction of sp³-hybridized carbons (Fsp3) is 1.00. The SMILES string of the molecule is CC1C(F)(F)CCCC1(F)F.CC1CC(F)(F)CC(F)(F)C1.CC1CC(F)(F)CCC1(F)F.CC1CCC(F)(F)CC1.CC1CCC(F)(F)CC1(F)F.CC1CCCC(F)(F)C1(F)F. The predicted octanol–water partition coefficient (Wildman–Crippen LogP) is 18.2. The Hall–Kier alpha value is -1.54. The van der Waals surface area contributed by atoms with Gasteiger partial charge in [0, 0.05) is 88.4 Å². The van der Waals surface area contributed by atoms with Gasteiger partial charge < -0.3 is 0 Å². The maximum absolute atomic E-state index is 12.6. The number of halogens is 22. The van der Waals surface area contributed by atoms with Crippen molar-refractivity contribution in [2.45, 2.75) is 229 Å². The van der Waals surface area contributed by atoms with Gasteiger partial charge >= 0.3 is 11.8 Å².